The molecule has 8 heteroatoms. The lowest BCUT2D eigenvalue weighted by Crippen LogP contribution is -2.15. The van der Waals surface area contributed by atoms with Crippen molar-refractivity contribution in [2.24, 2.45) is 0 Å². The zero-order valence-corrected chi connectivity index (χ0v) is 11.6. The SMILES string of the molecule is CC(C)n1cc(S(=O)(=O)n2cc3c(n2)CNC3)cn1. The van der Waals surface area contributed by atoms with Gasteiger partial charge in [0.2, 0.25) is 0 Å². The lowest BCUT2D eigenvalue weighted by molar-refractivity contribution is 0.531. The first-order valence-electron chi connectivity index (χ1n) is 6.06. The van der Waals surface area contributed by atoms with E-state index in [1.807, 2.05) is 13.8 Å². The van der Waals surface area contributed by atoms with Crippen molar-refractivity contribution in [1.29, 1.82) is 0 Å². The van der Waals surface area contributed by atoms with Gasteiger partial charge in [0.1, 0.15) is 4.90 Å². The monoisotopic (exact) mass is 281 g/mol. The summed E-state index contributed by atoms with van der Waals surface area (Å²) in [6.45, 7) is 5.16. The molecular weight excluding hydrogens is 266 g/mol. The van der Waals surface area contributed by atoms with Gasteiger partial charge in [0.15, 0.2) is 0 Å². The molecule has 0 spiro atoms. The first-order chi connectivity index (χ1) is 8.98. The molecule has 3 rings (SSSR count). The first-order valence-corrected chi connectivity index (χ1v) is 7.50. The van der Waals surface area contributed by atoms with Gasteiger partial charge in [-0.2, -0.15) is 22.7 Å². The fourth-order valence-electron chi connectivity index (χ4n) is 2.00. The van der Waals surface area contributed by atoms with E-state index in [-0.39, 0.29) is 10.9 Å². The van der Waals surface area contributed by atoms with E-state index in [1.54, 1.807) is 10.9 Å². The van der Waals surface area contributed by atoms with Crippen molar-refractivity contribution in [3.63, 3.8) is 0 Å². The van der Waals surface area contributed by atoms with Crippen LogP contribution in [0.4, 0.5) is 0 Å². The highest BCUT2D eigenvalue weighted by molar-refractivity contribution is 7.89. The molecule has 0 aromatic carbocycles. The first kappa shape index (κ1) is 12.4. The lowest BCUT2D eigenvalue weighted by Gasteiger charge is -2.04. The maximum Gasteiger partial charge on any atom is 0.286 e. The summed E-state index contributed by atoms with van der Waals surface area (Å²) in [7, 11) is -3.64. The van der Waals surface area contributed by atoms with Crippen molar-refractivity contribution < 1.29 is 8.42 Å². The van der Waals surface area contributed by atoms with Gasteiger partial charge in [-0.3, -0.25) is 4.68 Å². The van der Waals surface area contributed by atoms with E-state index in [1.165, 1.54) is 12.4 Å². The highest BCUT2D eigenvalue weighted by Crippen LogP contribution is 2.18. The number of hydrogen-bond donors (Lipinski definition) is 1. The maximum absolute atomic E-state index is 12.4. The molecular formula is C11H15N5O2S. The van der Waals surface area contributed by atoms with Gasteiger partial charge in [0, 0.05) is 37.1 Å². The molecule has 0 saturated carbocycles. The van der Waals surface area contributed by atoms with Gasteiger partial charge < -0.3 is 5.32 Å². The second-order valence-electron chi connectivity index (χ2n) is 4.83. The van der Waals surface area contributed by atoms with Crippen molar-refractivity contribution in [2.45, 2.75) is 37.9 Å². The fourth-order valence-corrected chi connectivity index (χ4v) is 3.11. The number of aromatic nitrogens is 4. The van der Waals surface area contributed by atoms with Crippen LogP contribution in [0.1, 0.15) is 31.1 Å². The third kappa shape index (κ3) is 1.96. The molecule has 0 radical (unpaired) electrons. The Balaban J connectivity index is 2.01. The highest BCUT2D eigenvalue weighted by atomic mass is 32.2. The van der Waals surface area contributed by atoms with Crippen LogP contribution in [-0.2, 0) is 23.1 Å². The molecule has 2 aromatic heterocycles. The predicted molar refractivity (Wildman–Crippen MR) is 68.0 cm³/mol. The quantitative estimate of drug-likeness (QED) is 0.886. The van der Waals surface area contributed by atoms with Crippen LogP contribution in [-0.4, -0.2) is 27.4 Å². The Hall–Kier alpha value is -1.67. The number of fused-ring (bicyclic) bond motifs is 1. The molecule has 7 nitrogen and oxygen atoms in total. The van der Waals surface area contributed by atoms with Gasteiger partial charge >= 0.3 is 0 Å². The second kappa shape index (κ2) is 4.17. The van der Waals surface area contributed by atoms with Gasteiger partial charge in [0.25, 0.3) is 10.0 Å². The summed E-state index contributed by atoms with van der Waals surface area (Å²) in [4.78, 5) is 0.162. The lowest BCUT2D eigenvalue weighted by atomic mass is 10.3. The van der Waals surface area contributed by atoms with Crippen molar-refractivity contribution in [2.75, 3.05) is 0 Å². The van der Waals surface area contributed by atoms with Crippen LogP contribution in [0.2, 0.25) is 0 Å². The molecule has 1 aliphatic heterocycles. The largest absolute Gasteiger partial charge is 0.307 e. The average Bonchev–Trinajstić information content (AvgIpc) is 3.04. The van der Waals surface area contributed by atoms with Crippen LogP contribution in [0.5, 0.6) is 0 Å². The Bertz CT molecular complexity index is 692. The van der Waals surface area contributed by atoms with Crippen molar-refractivity contribution in [3.05, 3.63) is 29.8 Å². The van der Waals surface area contributed by atoms with E-state index in [0.29, 0.717) is 13.1 Å². The third-order valence-corrected chi connectivity index (χ3v) is 4.60. The van der Waals surface area contributed by atoms with Crippen LogP contribution in [0.3, 0.4) is 0 Å². The number of rotatable bonds is 3. The standard InChI is InChI=1S/C11H15N5O2S/c1-8(2)15-7-10(4-13-15)19(17,18)16-6-9-3-12-5-11(9)14-16/h4,6-8,12H,3,5H2,1-2H3. The number of hydrogen-bond acceptors (Lipinski definition) is 5. The normalized spacial score (nSPS) is 15.1. The van der Waals surface area contributed by atoms with Gasteiger partial charge in [-0.1, -0.05) is 0 Å². The van der Waals surface area contributed by atoms with Gasteiger partial charge in [-0.15, -0.1) is 0 Å². The van der Waals surface area contributed by atoms with E-state index >= 15 is 0 Å². The summed E-state index contributed by atoms with van der Waals surface area (Å²) >= 11 is 0. The molecule has 2 aromatic rings. The molecule has 1 aliphatic rings. The molecule has 0 bridgehead atoms. The Kier molecular flexibility index (Phi) is 2.72. The van der Waals surface area contributed by atoms with E-state index in [2.05, 4.69) is 15.5 Å². The minimum Gasteiger partial charge on any atom is -0.307 e. The predicted octanol–water partition coefficient (Wildman–Crippen LogP) is 0.501. The summed E-state index contributed by atoms with van der Waals surface area (Å²) in [5.41, 5.74) is 1.72. The molecule has 19 heavy (non-hydrogen) atoms. The van der Waals surface area contributed by atoms with E-state index < -0.39 is 10.0 Å². The summed E-state index contributed by atoms with van der Waals surface area (Å²) < 4.78 is 27.5. The molecule has 0 saturated heterocycles. The zero-order chi connectivity index (χ0) is 13.6. The van der Waals surface area contributed by atoms with Crippen LogP contribution < -0.4 is 5.32 Å². The Morgan fingerprint density at radius 3 is 2.74 bits per heavy atom. The Morgan fingerprint density at radius 1 is 1.32 bits per heavy atom. The molecule has 102 valence electrons. The Morgan fingerprint density at radius 2 is 2.11 bits per heavy atom. The van der Waals surface area contributed by atoms with Crippen molar-refractivity contribution >= 4 is 10.0 Å². The second-order valence-corrected chi connectivity index (χ2v) is 6.63. The summed E-state index contributed by atoms with van der Waals surface area (Å²) in [6.07, 6.45) is 4.46. The Labute approximate surface area is 111 Å². The van der Waals surface area contributed by atoms with E-state index in [4.69, 9.17) is 0 Å². The minimum absolute atomic E-state index is 0.121. The topological polar surface area (TPSA) is 81.8 Å². The van der Waals surface area contributed by atoms with E-state index in [0.717, 1.165) is 15.3 Å². The molecule has 0 amide bonds. The molecule has 0 unspecified atom stereocenters. The summed E-state index contributed by atoms with van der Waals surface area (Å²) in [5.74, 6) is 0. The van der Waals surface area contributed by atoms with Gasteiger partial charge in [-0.25, -0.2) is 0 Å². The minimum atomic E-state index is -3.64. The summed E-state index contributed by atoms with van der Waals surface area (Å²) in [5, 5.41) is 11.3. The number of nitrogens with one attached hydrogen (secondary N) is 1. The van der Waals surface area contributed by atoms with Crippen LogP contribution in [0.25, 0.3) is 0 Å². The molecule has 3 heterocycles. The van der Waals surface area contributed by atoms with Crippen molar-refractivity contribution in [1.82, 2.24) is 24.3 Å². The smallest absolute Gasteiger partial charge is 0.286 e. The highest BCUT2D eigenvalue weighted by Gasteiger charge is 2.24. The average molecular weight is 281 g/mol. The zero-order valence-electron chi connectivity index (χ0n) is 10.7. The fraction of sp³-hybridized carbons (Fsp3) is 0.455. The van der Waals surface area contributed by atoms with Gasteiger partial charge in [-0.05, 0) is 13.8 Å². The van der Waals surface area contributed by atoms with Crippen LogP contribution in [0, 0.1) is 0 Å². The summed E-state index contributed by atoms with van der Waals surface area (Å²) in [6, 6.07) is 0.121. The van der Waals surface area contributed by atoms with Gasteiger partial charge in [0.05, 0.1) is 11.9 Å². The van der Waals surface area contributed by atoms with E-state index in [9.17, 15) is 8.42 Å². The molecule has 0 aliphatic carbocycles. The van der Waals surface area contributed by atoms with Crippen molar-refractivity contribution in [3.8, 4) is 0 Å². The van der Waals surface area contributed by atoms with Crippen LogP contribution in [0.15, 0.2) is 23.5 Å². The molecule has 0 fully saturated rings. The van der Waals surface area contributed by atoms with Crippen LogP contribution >= 0.6 is 0 Å². The third-order valence-electron chi connectivity index (χ3n) is 3.12. The number of nitrogens with zero attached hydrogens (tertiary/aromatic N) is 4. The maximum atomic E-state index is 12.4. The molecule has 1 N–H and O–H groups in total. The molecule has 0 atom stereocenters.